The quantitative estimate of drug-likeness (QED) is 0.605. The minimum absolute atomic E-state index is 0.921. The van der Waals surface area contributed by atoms with E-state index in [-0.39, 0.29) is 0 Å². The fourth-order valence-corrected chi connectivity index (χ4v) is 4.09. The zero-order valence-electron chi connectivity index (χ0n) is 13.8. The normalized spacial score (nSPS) is 21.2. The standard InChI is InChI=1S/C22H25N/c1-2-4-12-19-18-11-7-6-10-17(18)16-23-22-15-9-8-14-21(22)20(19)13-5-3-1/h6-11,14-15,23H,1-5,12-13,16H2/b20-19-. The molecule has 1 heterocycles. The second-order valence-corrected chi connectivity index (χ2v) is 6.78. The van der Waals surface area contributed by atoms with Gasteiger partial charge in [-0.15, -0.1) is 0 Å². The summed E-state index contributed by atoms with van der Waals surface area (Å²) in [4.78, 5) is 0. The van der Waals surface area contributed by atoms with Crippen molar-refractivity contribution in [1.29, 1.82) is 0 Å². The van der Waals surface area contributed by atoms with Crippen LogP contribution in [0.5, 0.6) is 0 Å². The lowest BCUT2D eigenvalue weighted by Gasteiger charge is -2.24. The summed E-state index contributed by atoms with van der Waals surface area (Å²) < 4.78 is 0. The van der Waals surface area contributed by atoms with Crippen molar-refractivity contribution in [2.24, 2.45) is 0 Å². The maximum atomic E-state index is 3.67. The van der Waals surface area contributed by atoms with Gasteiger partial charge >= 0.3 is 0 Å². The van der Waals surface area contributed by atoms with Gasteiger partial charge in [-0.3, -0.25) is 0 Å². The highest BCUT2D eigenvalue weighted by Gasteiger charge is 2.19. The first-order valence-corrected chi connectivity index (χ1v) is 9.07. The summed E-state index contributed by atoms with van der Waals surface area (Å²) in [7, 11) is 0. The largest absolute Gasteiger partial charge is 0.380 e. The maximum Gasteiger partial charge on any atom is 0.0419 e. The number of anilines is 1. The molecule has 2 aromatic carbocycles. The van der Waals surface area contributed by atoms with Crippen molar-refractivity contribution in [3.63, 3.8) is 0 Å². The van der Waals surface area contributed by atoms with Crippen molar-refractivity contribution in [1.82, 2.24) is 0 Å². The van der Waals surface area contributed by atoms with Gasteiger partial charge in [0.1, 0.15) is 0 Å². The molecule has 1 aliphatic heterocycles. The molecule has 0 saturated heterocycles. The highest BCUT2D eigenvalue weighted by molar-refractivity contribution is 5.95. The number of nitrogens with one attached hydrogen (secondary N) is 1. The fraction of sp³-hybridized carbons (Fsp3) is 0.364. The highest BCUT2D eigenvalue weighted by atomic mass is 14.9. The SMILES string of the molecule is c1ccc2c(c1)CNc1ccccc1/C1=C\2CCCCCCC1. The van der Waals surface area contributed by atoms with Crippen molar-refractivity contribution in [3.8, 4) is 0 Å². The molecule has 0 radical (unpaired) electrons. The van der Waals surface area contributed by atoms with Crippen molar-refractivity contribution in [2.75, 3.05) is 5.32 Å². The van der Waals surface area contributed by atoms with E-state index < -0.39 is 0 Å². The van der Waals surface area contributed by atoms with E-state index in [1.807, 2.05) is 0 Å². The first-order valence-electron chi connectivity index (χ1n) is 9.07. The summed E-state index contributed by atoms with van der Waals surface area (Å²) in [6.07, 6.45) is 9.20. The molecule has 118 valence electrons. The molecule has 0 spiro atoms. The van der Waals surface area contributed by atoms with E-state index >= 15 is 0 Å². The van der Waals surface area contributed by atoms with Crippen LogP contribution in [-0.4, -0.2) is 0 Å². The molecular formula is C22H25N. The second-order valence-electron chi connectivity index (χ2n) is 6.78. The Bertz CT molecular complexity index is 665. The van der Waals surface area contributed by atoms with Crippen LogP contribution in [0.3, 0.4) is 0 Å². The van der Waals surface area contributed by atoms with Crippen molar-refractivity contribution in [2.45, 2.75) is 51.5 Å². The van der Waals surface area contributed by atoms with E-state index in [2.05, 4.69) is 53.8 Å². The average molecular weight is 303 g/mol. The van der Waals surface area contributed by atoms with Crippen molar-refractivity contribution < 1.29 is 0 Å². The predicted octanol–water partition coefficient (Wildman–Crippen LogP) is 6.27. The molecule has 1 aliphatic carbocycles. The van der Waals surface area contributed by atoms with Crippen LogP contribution < -0.4 is 5.32 Å². The molecule has 0 bridgehead atoms. The molecule has 1 heteroatoms. The van der Waals surface area contributed by atoms with Gasteiger partial charge in [-0.05, 0) is 54.0 Å². The Hall–Kier alpha value is -2.02. The zero-order chi connectivity index (χ0) is 15.5. The number of benzene rings is 2. The van der Waals surface area contributed by atoms with Crippen molar-refractivity contribution in [3.05, 3.63) is 65.2 Å². The lowest BCUT2D eigenvalue weighted by molar-refractivity contribution is 0.634. The second kappa shape index (κ2) is 6.62. The molecule has 0 saturated carbocycles. The third-order valence-corrected chi connectivity index (χ3v) is 5.28. The predicted molar refractivity (Wildman–Crippen MR) is 99.3 cm³/mol. The van der Waals surface area contributed by atoms with E-state index in [4.69, 9.17) is 0 Å². The highest BCUT2D eigenvalue weighted by Crippen LogP contribution is 2.41. The first kappa shape index (κ1) is 14.6. The van der Waals surface area contributed by atoms with Gasteiger partial charge in [-0.2, -0.15) is 0 Å². The Morgan fingerprint density at radius 3 is 2.04 bits per heavy atom. The third kappa shape index (κ3) is 2.93. The average Bonchev–Trinajstić information content (AvgIpc) is 2.71. The van der Waals surface area contributed by atoms with Gasteiger partial charge in [0.15, 0.2) is 0 Å². The number of hydrogen-bond donors (Lipinski definition) is 1. The van der Waals surface area contributed by atoms with Gasteiger partial charge in [0.05, 0.1) is 0 Å². The van der Waals surface area contributed by atoms with Crippen LogP contribution >= 0.6 is 0 Å². The molecule has 4 rings (SSSR count). The molecular weight excluding hydrogens is 278 g/mol. The van der Waals surface area contributed by atoms with E-state index in [9.17, 15) is 0 Å². The van der Waals surface area contributed by atoms with E-state index in [0.29, 0.717) is 0 Å². The molecule has 0 unspecified atom stereocenters. The van der Waals surface area contributed by atoms with Gasteiger partial charge in [0, 0.05) is 17.8 Å². The topological polar surface area (TPSA) is 12.0 Å². The maximum absolute atomic E-state index is 3.67. The summed E-state index contributed by atoms with van der Waals surface area (Å²) in [6.45, 7) is 0.921. The third-order valence-electron chi connectivity index (χ3n) is 5.28. The lowest BCUT2D eigenvalue weighted by Crippen LogP contribution is -2.09. The van der Waals surface area contributed by atoms with Crippen LogP contribution in [0.2, 0.25) is 0 Å². The Balaban J connectivity index is 1.94. The summed E-state index contributed by atoms with van der Waals surface area (Å²) in [5.74, 6) is 0. The molecule has 23 heavy (non-hydrogen) atoms. The van der Waals surface area contributed by atoms with Crippen LogP contribution in [-0.2, 0) is 6.54 Å². The Labute approximate surface area is 139 Å². The van der Waals surface area contributed by atoms with Crippen LogP contribution in [0.1, 0.15) is 61.6 Å². The summed E-state index contributed by atoms with van der Waals surface area (Å²) in [5, 5.41) is 3.67. The van der Waals surface area contributed by atoms with E-state index in [1.54, 1.807) is 11.1 Å². The molecule has 1 nitrogen and oxygen atoms in total. The minimum Gasteiger partial charge on any atom is -0.380 e. The number of hydrogen-bond acceptors (Lipinski definition) is 1. The first-order chi connectivity index (χ1) is 11.4. The molecule has 0 aromatic heterocycles. The molecule has 0 atom stereocenters. The monoisotopic (exact) mass is 303 g/mol. The molecule has 2 aromatic rings. The summed E-state index contributed by atoms with van der Waals surface area (Å²) >= 11 is 0. The number of rotatable bonds is 0. The number of para-hydroxylation sites is 1. The van der Waals surface area contributed by atoms with Crippen LogP contribution in [0.15, 0.2) is 48.5 Å². The number of allylic oxidation sites excluding steroid dienone is 2. The summed E-state index contributed by atoms with van der Waals surface area (Å²) in [6, 6.07) is 17.9. The Morgan fingerprint density at radius 2 is 1.22 bits per heavy atom. The van der Waals surface area contributed by atoms with Crippen LogP contribution in [0, 0.1) is 0 Å². The molecule has 2 aliphatic rings. The van der Waals surface area contributed by atoms with Crippen LogP contribution in [0.4, 0.5) is 5.69 Å². The van der Waals surface area contributed by atoms with Gasteiger partial charge < -0.3 is 5.32 Å². The zero-order valence-corrected chi connectivity index (χ0v) is 13.8. The van der Waals surface area contributed by atoms with Crippen LogP contribution in [0.25, 0.3) is 11.1 Å². The van der Waals surface area contributed by atoms with Gasteiger partial charge in [0.25, 0.3) is 0 Å². The minimum atomic E-state index is 0.921. The molecule has 0 amide bonds. The Kier molecular flexibility index (Phi) is 4.19. The lowest BCUT2D eigenvalue weighted by atomic mass is 9.85. The Morgan fingerprint density at radius 1 is 0.609 bits per heavy atom. The summed E-state index contributed by atoms with van der Waals surface area (Å²) in [5.41, 5.74) is 8.84. The van der Waals surface area contributed by atoms with Gasteiger partial charge in [-0.1, -0.05) is 61.7 Å². The van der Waals surface area contributed by atoms with E-state index in [1.165, 1.54) is 67.3 Å². The van der Waals surface area contributed by atoms with E-state index in [0.717, 1.165) is 6.54 Å². The van der Waals surface area contributed by atoms with Crippen molar-refractivity contribution >= 4 is 16.8 Å². The van der Waals surface area contributed by atoms with Gasteiger partial charge in [0.2, 0.25) is 0 Å². The molecule has 1 N–H and O–H groups in total. The smallest absolute Gasteiger partial charge is 0.0419 e. The van der Waals surface area contributed by atoms with Gasteiger partial charge in [-0.25, -0.2) is 0 Å². The number of fused-ring (bicyclic) bond motifs is 4. The molecule has 0 fully saturated rings. The fourth-order valence-electron chi connectivity index (χ4n) is 4.09.